The summed E-state index contributed by atoms with van der Waals surface area (Å²) in [6, 6.07) is 0.627. The molecule has 1 saturated carbocycles. The summed E-state index contributed by atoms with van der Waals surface area (Å²) in [7, 11) is 0. The molecule has 0 aliphatic heterocycles. The van der Waals surface area contributed by atoms with Gasteiger partial charge in [-0.25, -0.2) is 0 Å². The molecule has 0 saturated heterocycles. The van der Waals surface area contributed by atoms with Gasteiger partial charge in [-0.05, 0) is 39.5 Å². The highest BCUT2D eigenvalue weighted by Gasteiger charge is 2.18. The van der Waals surface area contributed by atoms with Gasteiger partial charge in [-0.15, -0.1) is 0 Å². The highest BCUT2D eigenvalue weighted by atomic mass is 16.7. The standard InChI is InChI=1S/C16H33NO2/c1-4-18-16(19-5-2)12-13-17-14(3)15-10-8-6-7-9-11-15/h14-17H,4-13H2,1-3H3/t14-/m0/s1. The average Bonchev–Trinajstić information content (AvgIpc) is 2.68. The molecule has 0 radical (unpaired) electrons. The zero-order valence-corrected chi connectivity index (χ0v) is 13.1. The molecule has 114 valence electrons. The Morgan fingerprint density at radius 2 is 1.58 bits per heavy atom. The third kappa shape index (κ3) is 7.28. The molecule has 3 nitrogen and oxygen atoms in total. The van der Waals surface area contributed by atoms with E-state index in [1.165, 1.54) is 38.5 Å². The van der Waals surface area contributed by atoms with Crippen molar-refractivity contribution in [1.29, 1.82) is 0 Å². The van der Waals surface area contributed by atoms with Crippen LogP contribution in [0.15, 0.2) is 0 Å². The first-order chi connectivity index (χ1) is 9.27. The summed E-state index contributed by atoms with van der Waals surface area (Å²) in [4.78, 5) is 0. The predicted octanol–water partition coefficient (Wildman–Crippen LogP) is 3.72. The minimum atomic E-state index is -0.0381. The van der Waals surface area contributed by atoms with Crippen molar-refractivity contribution < 1.29 is 9.47 Å². The number of nitrogens with one attached hydrogen (secondary N) is 1. The van der Waals surface area contributed by atoms with E-state index < -0.39 is 0 Å². The Bertz CT molecular complexity index is 197. The lowest BCUT2D eigenvalue weighted by atomic mass is 9.93. The summed E-state index contributed by atoms with van der Waals surface area (Å²) >= 11 is 0. The van der Waals surface area contributed by atoms with Crippen LogP contribution >= 0.6 is 0 Å². The van der Waals surface area contributed by atoms with Crippen LogP contribution in [0.1, 0.15) is 65.7 Å². The van der Waals surface area contributed by atoms with Gasteiger partial charge in [-0.3, -0.25) is 0 Å². The van der Waals surface area contributed by atoms with Gasteiger partial charge >= 0.3 is 0 Å². The van der Waals surface area contributed by atoms with Gasteiger partial charge in [0, 0.05) is 32.2 Å². The van der Waals surface area contributed by atoms with E-state index in [2.05, 4.69) is 12.2 Å². The number of hydrogen-bond donors (Lipinski definition) is 1. The average molecular weight is 271 g/mol. The Morgan fingerprint density at radius 3 is 2.11 bits per heavy atom. The van der Waals surface area contributed by atoms with Gasteiger partial charge in [0.05, 0.1) is 0 Å². The maximum absolute atomic E-state index is 5.57. The fourth-order valence-corrected chi connectivity index (χ4v) is 2.99. The molecular formula is C16H33NO2. The first kappa shape index (κ1) is 16.9. The van der Waals surface area contributed by atoms with Crippen LogP contribution in [0, 0.1) is 5.92 Å². The molecule has 3 heteroatoms. The van der Waals surface area contributed by atoms with Crippen molar-refractivity contribution in [2.45, 2.75) is 78.0 Å². The molecule has 0 bridgehead atoms. The van der Waals surface area contributed by atoms with Gasteiger partial charge in [-0.2, -0.15) is 0 Å². The zero-order chi connectivity index (χ0) is 13.9. The monoisotopic (exact) mass is 271 g/mol. The lowest BCUT2D eigenvalue weighted by Crippen LogP contribution is -2.36. The first-order valence-electron chi connectivity index (χ1n) is 8.24. The normalized spacial score (nSPS) is 19.6. The molecule has 0 amide bonds. The lowest BCUT2D eigenvalue weighted by molar-refractivity contribution is -0.138. The smallest absolute Gasteiger partial charge is 0.158 e. The fraction of sp³-hybridized carbons (Fsp3) is 1.00. The minimum Gasteiger partial charge on any atom is -0.353 e. The molecule has 0 heterocycles. The molecule has 1 aliphatic carbocycles. The quantitative estimate of drug-likeness (QED) is 0.512. The Hall–Kier alpha value is -0.120. The van der Waals surface area contributed by atoms with E-state index >= 15 is 0 Å². The topological polar surface area (TPSA) is 30.5 Å². The van der Waals surface area contributed by atoms with Crippen molar-refractivity contribution in [3.8, 4) is 0 Å². The van der Waals surface area contributed by atoms with Gasteiger partial charge in [0.2, 0.25) is 0 Å². The second-order valence-corrected chi connectivity index (χ2v) is 5.62. The molecule has 1 rings (SSSR count). The van der Waals surface area contributed by atoms with E-state index in [0.29, 0.717) is 6.04 Å². The van der Waals surface area contributed by atoms with Crippen LogP contribution in [0.5, 0.6) is 0 Å². The minimum absolute atomic E-state index is 0.0381. The van der Waals surface area contributed by atoms with E-state index in [1.807, 2.05) is 13.8 Å². The van der Waals surface area contributed by atoms with Gasteiger partial charge in [0.15, 0.2) is 6.29 Å². The van der Waals surface area contributed by atoms with Crippen molar-refractivity contribution in [3.05, 3.63) is 0 Å². The zero-order valence-electron chi connectivity index (χ0n) is 13.1. The molecule has 1 fully saturated rings. The second kappa shape index (κ2) is 10.6. The summed E-state index contributed by atoms with van der Waals surface area (Å²) in [6.45, 7) is 8.82. The second-order valence-electron chi connectivity index (χ2n) is 5.62. The van der Waals surface area contributed by atoms with Crippen molar-refractivity contribution in [3.63, 3.8) is 0 Å². The fourth-order valence-electron chi connectivity index (χ4n) is 2.99. The molecule has 1 atom stereocenters. The summed E-state index contributed by atoms with van der Waals surface area (Å²) in [5.41, 5.74) is 0. The third-order valence-corrected chi connectivity index (χ3v) is 4.16. The molecule has 0 spiro atoms. The Morgan fingerprint density at radius 1 is 1.00 bits per heavy atom. The molecule has 0 aromatic rings. The SMILES string of the molecule is CCOC(CCN[C@@H](C)C1CCCCCC1)OCC. The van der Waals surface area contributed by atoms with E-state index in [1.54, 1.807) is 0 Å². The van der Waals surface area contributed by atoms with Crippen molar-refractivity contribution in [2.75, 3.05) is 19.8 Å². The van der Waals surface area contributed by atoms with E-state index in [9.17, 15) is 0 Å². The number of hydrogen-bond acceptors (Lipinski definition) is 3. The summed E-state index contributed by atoms with van der Waals surface area (Å²) in [6.07, 6.45) is 9.39. The van der Waals surface area contributed by atoms with Crippen molar-refractivity contribution >= 4 is 0 Å². The van der Waals surface area contributed by atoms with Gasteiger partial charge in [0.1, 0.15) is 0 Å². The molecular weight excluding hydrogens is 238 g/mol. The number of ether oxygens (including phenoxy) is 2. The Labute approximate surface area is 119 Å². The van der Waals surface area contributed by atoms with E-state index in [-0.39, 0.29) is 6.29 Å². The maximum Gasteiger partial charge on any atom is 0.158 e. The summed E-state index contributed by atoms with van der Waals surface area (Å²) in [5, 5.41) is 3.67. The highest BCUT2D eigenvalue weighted by molar-refractivity contribution is 4.75. The molecule has 0 aromatic carbocycles. The summed E-state index contributed by atoms with van der Waals surface area (Å²) < 4.78 is 11.1. The molecule has 19 heavy (non-hydrogen) atoms. The van der Waals surface area contributed by atoms with Crippen LogP contribution in [-0.4, -0.2) is 32.1 Å². The van der Waals surface area contributed by atoms with Crippen LogP contribution < -0.4 is 5.32 Å². The van der Waals surface area contributed by atoms with Crippen LogP contribution in [0.4, 0.5) is 0 Å². The Kier molecular flexibility index (Phi) is 9.48. The highest BCUT2D eigenvalue weighted by Crippen LogP contribution is 2.25. The van der Waals surface area contributed by atoms with Crippen LogP contribution in [0.3, 0.4) is 0 Å². The predicted molar refractivity (Wildman–Crippen MR) is 80.3 cm³/mol. The van der Waals surface area contributed by atoms with Crippen LogP contribution in [0.25, 0.3) is 0 Å². The largest absolute Gasteiger partial charge is 0.353 e. The molecule has 1 aliphatic rings. The summed E-state index contributed by atoms with van der Waals surface area (Å²) in [5.74, 6) is 0.861. The van der Waals surface area contributed by atoms with E-state index in [4.69, 9.17) is 9.47 Å². The van der Waals surface area contributed by atoms with Gasteiger partial charge in [-0.1, -0.05) is 25.7 Å². The van der Waals surface area contributed by atoms with Crippen LogP contribution in [0.2, 0.25) is 0 Å². The van der Waals surface area contributed by atoms with Crippen molar-refractivity contribution in [2.24, 2.45) is 5.92 Å². The lowest BCUT2D eigenvalue weighted by Gasteiger charge is -2.25. The van der Waals surface area contributed by atoms with Crippen LogP contribution in [-0.2, 0) is 9.47 Å². The van der Waals surface area contributed by atoms with Gasteiger partial charge < -0.3 is 14.8 Å². The Balaban J connectivity index is 2.18. The molecule has 0 aromatic heterocycles. The molecule has 0 unspecified atom stereocenters. The maximum atomic E-state index is 5.57. The van der Waals surface area contributed by atoms with E-state index in [0.717, 1.165) is 32.1 Å². The first-order valence-corrected chi connectivity index (χ1v) is 8.24. The third-order valence-electron chi connectivity index (χ3n) is 4.16. The molecule has 1 N–H and O–H groups in total. The van der Waals surface area contributed by atoms with Gasteiger partial charge in [0.25, 0.3) is 0 Å². The van der Waals surface area contributed by atoms with Crippen molar-refractivity contribution in [1.82, 2.24) is 5.32 Å². The number of rotatable bonds is 9.